The van der Waals surface area contributed by atoms with E-state index in [1.165, 1.54) is 0 Å². The zero-order valence-electron chi connectivity index (χ0n) is 12.4. The van der Waals surface area contributed by atoms with Crippen molar-refractivity contribution >= 4 is 23.2 Å². The van der Waals surface area contributed by atoms with E-state index in [4.69, 9.17) is 27.6 Å². The first-order valence-electron chi connectivity index (χ1n) is 6.84. The first kappa shape index (κ1) is 16.3. The summed E-state index contributed by atoms with van der Waals surface area (Å²) in [7, 11) is 0. The van der Waals surface area contributed by atoms with Crippen LogP contribution in [0.4, 0.5) is 0 Å². The Bertz CT molecular complexity index is 605. The Hall–Kier alpha value is -1.10. The standard InChI is InChI=1S/C15H19Cl2N3O/c1-15(2,3)18-7-6-13-19-20-14(21-13)9-10-4-5-11(16)12(17)8-10/h4-5,8,18H,6-7,9H2,1-3H3. The van der Waals surface area contributed by atoms with Crippen molar-refractivity contribution in [1.29, 1.82) is 0 Å². The highest BCUT2D eigenvalue weighted by Crippen LogP contribution is 2.23. The molecule has 0 radical (unpaired) electrons. The molecule has 1 N–H and O–H groups in total. The molecule has 0 aliphatic rings. The zero-order valence-corrected chi connectivity index (χ0v) is 13.9. The van der Waals surface area contributed by atoms with Crippen molar-refractivity contribution in [2.45, 2.75) is 39.2 Å². The lowest BCUT2D eigenvalue weighted by molar-refractivity contribution is 0.403. The molecular formula is C15H19Cl2N3O. The van der Waals surface area contributed by atoms with Gasteiger partial charge in [-0.1, -0.05) is 29.3 Å². The summed E-state index contributed by atoms with van der Waals surface area (Å²) >= 11 is 11.9. The molecule has 6 heteroatoms. The largest absolute Gasteiger partial charge is 0.425 e. The SMILES string of the molecule is CC(C)(C)NCCc1nnc(Cc2ccc(Cl)c(Cl)c2)o1. The molecule has 2 rings (SSSR count). The Morgan fingerprint density at radius 1 is 1.10 bits per heavy atom. The highest BCUT2D eigenvalue weighted by Gasteiger charge is 2.11. The van der Waals surface area contributed by atoms with Gasteiger partial charge in [0.2, 0.25) is 11.8 Å². The Kier molecular flexibility index (Phi) is 5.25. The van der Waals surface area contributed by atoms with Crippen molar-refractivity contribution < 1.29 is 4.42 Å². The fraction of sp³-hybridized carbons (Fsp3) is 0.467. The van der Waals surface area contributed by atoms with Crippen molar-refractivity contribution in [2.24, 2.45) is 0 Å². The van der Waals surface area contributed by atoms with Crippen LogP contribution in [-0.4, -0.2) is 22.3 Å². The second-order valence-electron chi connectivity index (χ2n) is 5.94. The van der Waals surface area contributed by atoms with Gasteiger partial charge in [-0.3, -0.25) is 0 Å². The molecule has 0 bridgehead atoms. The minimum Gasteiger partial charge on any atom is -0.425 e. The average molecular weight is 328 g/mol. The molecule has 0 saturated carbocycles. The van der Waals surface area contributed by atoms with Crippen LogP contribution in [0.15, 0.2) is 22.6 Å². The Morgan fingerprint density at radius 2 is 1.81 bits per heavy atom. The third kappa shape index (κ3) is 5.30. The maximum absolute atomic E-state index is 5.99. The van der Waals surface area contributed by atoms with E-state index in [1.54, 1.807) is 6.07 Å². The minimum atomic E-state index is 0.0862. The summed E-state index contributed by atoms with van der Waals surface area (Å²) in [6.07, 6.45) is 1.27. The second-order valence-corrected chi connectivity index (χ2v) is 6.76. The fourth-order valence-corrected chi connectivity index (χ4v) is 2.15. The van der Waals surface area contributed by atoms with E-state index in [9.17, 15) is 0 Å². The van der Waals surface area contributed by atoms with Crippen LogP contribution in [0, 0.1) is 0 Å². The summed E-state index contributed by atoms with van der Waals surface area (Å²) in [6.45, 7) is 7.17. The lowest BCUT2D eigenvalue weighted by atomic mass is 10.1. The van der Waals surface area contributed by atoms with E-state index in [0.717, 1.165) is 12.1 Å². The third-order valence-electron chi connectivity index (χ3n) is 2.84. The maximum Gasteiger partial charge on any atom is 0.220 e. The fourth-order valence-electron chi connectivity index (χ4n) is 1.83. The summed E-state index contributed by atoms with van der Waals surface area (Å²) in [5.41, 5.74) is 1.08. The van der Waals surface area contributed by atoms with Crippen LogP contribution in [0.25, 0.3) is 0 Å². The first-order chi connectivity index (χ1) is 9.83. The molecule has 1 heterocycles. The molecule has 0 saturated heterocycles. The van der Waals surface area contributed by atoms with E-state index in [-0.39, 0.29) is 5.54 Å². The molecule has 0 aliphatic carbocycles. The number of benzene rings is 1. The van der Waals surface area contributed by atoms with E-state index >= 15 is 0 Å². The van der Waals surface area contributed by atoms with Crippen LogP contribution in [-0.2, 0) is 12.8 Å². The van der Waals surface area contributed by atoms with Gasteiger partial charge in [0.15, 0.2) is 0 Å². The van der Waals surface area contributed by atoms with Crippen LogP contribution in [0.2, 0.25) is 10.0 Å². The highest BCUT2D eigenvalue weighted by atomic mass is 35.5. The van der Waals surface area contributed by atoms with E-state index in [1.807, 2.05) is 12.1 Å². The molecule has 1 aromatic carbocycles. The van der Waals surface area contributed by atoms with Gasteiger partial charge in [0.25, 0.3) is 0 Å². The molecule has 4 nitrogen and oxygen atoms in total. The summed E-state index contributed by atoms with van der Waals surface area (Å²) in [4.78, 5) is 0. The number of halogens is 2. The Labute approximate surface area is 134 Å². The molecule has 1 aromatic heterocycles. The molecule has 0 fully saturated rings. The third-order valence-corrected chi connectivity index (χ3v) is 3.58. The monoisotopic (exact) mass is 327 g/mol. The molecule has 21 heavy (non-hydrogen) atoms. The van der Waals surface area contributed by atoms with E-state index in [2.05, 4.69) is 36.3 Å². The van der Waals surface area contributed by atoms with Gasteiger partial charge in [0.1, 0.15) is 0 Å². The first-order valence-corrected chi connectivity index (χ1v) is 7.59. The van der Waals surface area contributed by atoms with Gasteiger partial charge in [-0.05, 0) is 38.5 Å². The van der Waals surface area contributed by atoms with Gasteiger partial charge in [0.05, 0.1) is 16.5 Å². The predicted octanol–water partition coefficient (Wildman–Crippen LogP) is 3.90. The normalized spacial score (nSPS) is 11.9. The molecular weight excluding hydrogens is 309 g/mol. The Balaban J connectivity index is 1.92. The van der Waals surface area contributed by atoms with Crippen LogP contribution < -0.4 is 5.32 Å². The zero-order chi connectivity index (χ0) is 15.5. The van der Waals surface area contributed by atoms with Crippen LogP contribution in [0.5, 0.6) is 0 Å². The highest BCUT2D eigenvalue weighted by molar-refractivity contribution is 6.42. The van der Waals surface area contributed by atoms with Gasteiger partial charge in [0, 0.05) is 18.5 Å². The van der Waals surface area contributed by atoms with Crippen molar-refractivity contribution in [1.82, 2.24) is 15.5 Å². The van der Waals surface area contributed by atoms with Gasteiger partial charge >= 0.3 is 0 Å². The van der Waals surface area contributed by atoms with Crippen molar-refractivity contribution in [3.63, 3.8) is 0 Å². The van der Waals surface area contributed by atoms with E-state index < -0.39 is 0 Å². The topological polar surface area (TPSA) is 51.0 Å². The maximum atomic E-state index is 5.99. The second kappa shape index (κ2) is 6.77. The van der Waals surface area contributed by atoms with Crippen molar-refractivity contribution in [3.05, 3.63) is 45.6 Å². The number of nitrogens with one attached hydrogen (secondary N) is 1. The molecule has 0 aliphatic heterocycles. The number of hydrogen-bond acceptors (Lipinski definition) is 4. The van der Waals surface area contributed by atoms with Crippen molar-refractivity contribution in [3.8, 4) is 0 Å². The number of hydrogen-bond donors (Lipinski definition) is 1. The van der Waals surface area contributed by atoms with Gasteiger partial charge in [-0.25, -0.2) is 0 Å². The summed E-state index contributed by atoms with van der Waals surface area (Å²) in [6, 6.07) is 5.48. The van der Waals surface area contributed by atoms with Gasteiger partial charge < -0.3 is 9.73 Å². The molecule has 2 aromatic rings. The molecule has 0 atom stereocenters. The van der Waals surface area contributed by atoms with Gasteiger partial charge in [-0.15, -0.1) is 10.2 Å². The molecule has 0 amide bonds. The van der Waals surface area contributed by atoms with E-state index in [0.29, 0.717) is 34.7 Å². The van der Waals surface area contributed by atoms with Crippen LogP contribution in [0.1, 0.15) is 38.1 Å². The minimum absolute atomic E-state index is 0.0862. The number of nitrogens with zero attached hydrogens (tertiary/aromatic N) is 2. The molecule has 0 unspecified atom stereocenters. The van der Waals surface area contributed by atoms with Crippen molar-refractivity contribution in [2.75, 3.05) is 6.54 Å². The smallest absolute Gasteiger partial charge is 0.220 e. The Morgan fingerprint density at radius 3 is 2.48 bits per heavy atom. The van der Waals surface area contributed by atoms with Crippen LogP contribution in [0.3, 0.4) is 0 Å². The predicted molar refractivity (Wildman–Crippen MR) is 85.0 cm³/mol. The summed E-state index contributed by atoms with van der Waals surface area (Å²) in [5.74, 6) is 1.22. The number of rotatable bonds is 5. The summed E-state index contributed by atoms with van der Waals surface area (Å²) in [5, 5.41) is 12.6. The van der Waals surface area contributed by atoms with Crippen LogP contribution >= 0.6 is 23.2 Å². The molecule has 114 valence electrons. The lowest BCUT2D eigenvalue weighted by Gasteiger charge is -2.19. The quantitative estimate of drug-likeness (QED) is 0.904. The lowest BCUT2D eigenvalue weighted by Crippen LogP contribution is -2.37. The average Bonchev–Trinajstić information content (AvgIpc) is 2.80. The van der Waals surface area contributed by atoms with Gasteiger partial charge in [-0.2, -0.15) is 0 Å². The summed E-state index contributed by atoms with van der Waals surface area (Å²) < 4.78 is 5.63. The molecule has 0 spiro atoms. The number of aromatic nitrogens is 2.